The van der Waals surface area contributed by atoms with E-state index in [9.17, 15) is 0 Å². The Hall–Kier alpha value is -8.71. The van der Waals surface area contributed by atoms with Crippen molar-refractivity contribution in [2.24, 2.45) is 0 Å². The van der Waals surface area contributed by atoms with Gasteiger partial charge < -0.3 is 0 Å². The Morgan fingerprint density at radius 3 is 1.35 bits per heavy atom. The molecular formula is C63H39N5S. The van der Waals surface area contributed by atoms with E-state index in [1.807, 2.05) is 53.8 Å². The fourth-order valence-corrected chi connectivity index (χ4v) is 11.9. The number of aromatic nitrogens is 5. The smallest absolute Gasteiger partial charge is 0.164 e. The molecule has 322 valence electrons. The van der Waals surface area contributed by atoms with Crippen LogP contribution in [0.1, 0.15) is 45.2 Å². The van der Waals surface area contributed by atoms with Gasteiger partial charge in [-0.15, -0.1) is 11.3 Å². The van der Waals surface area contributed by atoms with E-state index in [1.54, 1.807) is 0 Å². The fourth-order valence-electron chi connectivity index (χ4n) is 10.8. The zero-order valence-corrected chi connectivity index (χ0v) is 38.0. The minimum Gasteiger partial charge on any atom is -0.228 e. The molecule has 0 N–H and O–H groups in total. The van der Waals surface area contributed by atoms with Gasteiger partial charge in [-0.05, 0) is 74.8 Å². The highest BCUT2D eigenvalue weighted by Gasteiger charge is 2.41. The minimum absolute atomic E-state index is 0.0419. The summed E-state index contributed by atoms with van der Waals surface area (Å²) in [6.07, 6.45) is 0. The van der Waals surface area contributed by atoms with Crippen LogP contribution in [0.15, 0.2) is 224 Å². The molecule has 3 heterocycles. The van der Waals surface area contributed by atoms with Gasteiger partial charge in [-0.2, -0.15) is 0 Å². The Bertz CT molecular complexity index is 3920. The van der Waals surface area contributed by atoms with Gasteiger partial charge in [-0.3, -0.25) is 0 Å². The number of rotatable bonds is 7. The molecule has 9 aromatic carbocycles. The maximum absolute atomic E-state index is 5.34. The van der Waals surface area contributed by atoms with E-state index in [0.29, 0.717) is 23.3 Å². The summed E-state index contributed by atoms with van der Waals surface area (Å²) in [5, 5.41) is 2.59. The third kappa shape index (κ3) is 6.63. The Morgan fingerprint density at radius 2 is 0.710 bits per heavy atom. The molecule has 5 nitrogen and oxygen atoms in total. The molecule has 2 unspecified atom stereocenters. The molecule has 0 fully saturated rings. The van der Waals surface area contributed by atoms with Crippen molar-refractivity contribution < 1.29 is 0 Å². The molecule has 3 aromatic heterocycles. The third-order valence-electron chi connectivity index (χ3n) is 13.9. The van der Waals surface area contributed by atoms with Crippen LogP contribution in [0.5, 0.6) is 0 Å². The molecule has 0 amide bonds. The van der Waals surface area contributed by atoms with E-state index in [2.05, 4.69) is 182 Å². The second kappa shape index (κ2) is 16.0. The van der Waals surface area contributed by atoms with Crippen molar-refractivity contribution >= 4 is 31.5 Å². The standard InChI is InChI=1S/C63H39N5S/c1-4-16-38(17-5-1)60-64-54(37-55(65-60)45-23-11-10-22-44(45)41-28-31-47-46-24-14-15-27-56(46)69-57(47)36-41)42-29-32-50-52(34-42)58-48-25-12-13-26-49(48)59(50)53-35-43(30-33-51(53)58)63-67-61(39-18-6-2-7-19-39)66-62(68-63)40-20-8-3-9-21-40/h1-37,58-59H. The van der Waals surface area contributed by atoms with E-state index in [1.165, 1.54) is 59.1 Å². The molecule has 3 aliphatic carbocycles. The first kappa shape index (κ1) is 39.5. The van der Waals surface area contributed by atoms with Crippen LogP contribution >= 0.6 is 11.3 Å². The van der Waals surface area contributed by atoms with Gasteiger partial charge in [0.25, 0.3) is 0 Å². The highest BCUT2D eigenvalue weighted by atomic mass is 32.1. The van der Waals surface area contributed by atoms with Crippen molar-refractivity contribution in [3.63, 3.8) is 0 Å². The average molecular weight is 898 g/mol. The number of nitrogens with zero attached hydrogens (tertiary/aromatic N) is 5. The number of benzene rings is 9. The number of thiophene rings is 1. The predicted octanol–water partition coefficient (Wildman–Crippen LogP) is 15.7. The topological polar surface area (TPSA) is 64.5 Å². The summed E-state index contributed by atoms with van der Waals surface area (Å²) in [6.45, 7) is 0. The second-order valence-electron chi connectivity index (χ2n) is 17.9. The normalized spacial score (nSPS) is 14.4. The van der Waals surface area contributed by atoms with Crippen LogP contribution in [0.4, 0.5) is 0 Å². The van der Waals surface area contributed by atoms with Gasteiger partial charge in [0.05, 0.1) is 11.4 Å². The zero-order valence-electron chi connectivity index (χ0n) is 37.2. The zero-order chi connectivity index (χ0) is 45.4. The fraction of sp³-hybridized carbons (Fsp3) is 0.0317. The van der Waals surface area contributed by atoms with Gasteiger partial charge in [-0.25, -0.2) is 24.9 Å². The Kier molecular flexibility index (Phi) is 9.14. The molecule has 0 radical (unpaired) electrons. The summed E-state index contributed by atoms with van der Waals surface area (Å²) >= 11 is 1.84. The lowest BCUT2D eigenvalue weighted by molar-refractivity contribution is 0.754. The van der Waals surface area contributed by atoms with Crippen LogP contribution in [0, 0.1) is 0 Å². The lowest BCUT2D eigenvalue weighted by Crippen LogP contribution is -2.27. The molecule has 3 aliphatic rings. The van der Waals surface area contributed by atoms with Crippen molar-refractivity contribution in [1.82, 2.24) is 24.9 Å². The molecule has 0 spiro atoms. The first-order valence-corrected chi connectivity index (χ1v) is 24.2. The van der Waals surface area contributed by atoms with Gasteiger partial charge in [0, 0.05) is 65.4 Å². The van der Waals surface area contributed by atoms with Gasteiger partial charge in [0.15, 0.2) is 23.3 Å². The Morgan fingerprint density at radius 1 is 0.261 bits per heavy atom. The molecule has 0 saturated carbocycles. The molecule has 15 rings (SSSR count). The van der Waals surface area contributed by atoms with Gasteiger partial charge in [0.1, 0.15) is 0 Å². The average Bonchev–Trinajstić information content (AvgIpc) is 3.81. The first-order valence-electron chi connectivity index (χ1n) is 23.4. The van der Waals surface area contributed by atoms with Gasteiger partial charge in [-0.1, -0.05) is 194 Å². The lowest BCUT2D eigenvalue weighted by atomic mass is 9.60. The maximum Gasteiger partial charge on any atom is 0.164 e. The molecule has 12 aromatic rings. The van der Waals surface area contributed by atoms with Gasteiger partial charge in [0.2, 0.25) is 0 Å². The van der Waals surface area contributed by atoms with Crippen molar-refractivity contribution in [3.8, 4) is 79.2 Å². The molecule has 6 heteroatoms. The van der Waals surface area contributed by atoms with Crippen LogP contribution < -0.4 is 0 Å². The molecule has 2 bridgehead atoms. The van der Waals surface area contributed by atoms with Crippen LogP contribution in [0.25, 0.3) is 99.4 Å². The summed E-state index contributed by atoms with van der Waals surface area (Å²) in [5.74, 6) is 2.75. The molecule has 0 saturated heterocycles. The molecule has 69 heavy (non-hydrogen) atoms. The van der Waals surface area contributed by atoms with E-state index in [0.717, 1.165) is 50.3 Å². The first-order chi connectivity index (χ1) is 34.2. The quantitative estimate of drug-likeness (QED) is 0.159. The van der Waals surface area contributed by atoms with Crippen molar-refractivity contribution in [2.75, 3.05) is 0 Å². The van der Waals surface area contributed by atoms with Gasteiger partial charge >= 0.3 is 0 Å². The number of hydrogen-bond acceptors (Lipinski definition) is 6. The number of fused-ring (bicyclic) bond motifs is 3. The monoisotopic (exact) mass is 897 g/mol. The Labute approximate surface area is 403 Å². The van der Waals surface area contributed by atoms with Crippen LogP contribution in [0.3, 0.4) is 0 Å². The number of hydrogen-bond donors (Lipinski definition) is 0. The molecule has 2 atom stereocenters. The van der Waals surface area contributed by atoms with Crippen LogP contribution in [-0.2, 0) is 0 Å². The maximum atomic E-state index is 5.34. The largest absolute Gasteiger partial charge is 0.228 e. The SMILES string of the molecule is c1ccc(-c2nc(-c3ccc4c(c3)C3c5ccccc5C4c4cc(-c5nc(-c6ccccc6)nc(-c6ccccc6)n5)ccc43)cc(-c3ccccc3-c3ccc4c(c3)sc3ccccc34)n2)cc1. The summed E-state index contributed by atoms with van der Waals surface area (Å²) in [5.41, 5.74) is 18.0. The summed E-state index contributed by atoms with van der Waals surface area (Å²) in [7, 11) is 0. The summed E-state index contributed by atoms with van der Waals surface area (Å²) < 4.78 is 2.58. The van der Waals surface area contributed by atoms with E-state index in [4.69, 9.17) is 24.9 Å². The van der Waals surface area contributed by atoms with Crippen molar-refractivity contribution in [2.45, 2.75) is 11.8 Å². The van der Waals surface area contributed by atoms with E-state index >= 15 is 0 Å². The second-order valence-corrected chi connectivity index (χ2v) is 19.0. The van der Waals surface area contributed by atoms with E-state index < -0.39 is 0 Å². The van der Waals surface area contributed by atoms with Crippen LogP contribution in [0.2, 0.25) is 0 Å². The Balaban J connectivity index is 0.891. The van der Waals surface area contributed by atoms with E-state index in [-0.39, 0.29) is 11.8 Å². The summed E-state index contributed by atoms with van der Waals surface area (Å²) in [6, 6.07) is 79.9. The molecule has 0 aliphatic heterocycles. The van der Waals surface area contributed by atoms with Crippen molar-refractivity contribution in [3.05, 3.63) is 258 Å². The lowest BCUT2D eigenvalue weighted by Gasteiger charge is -2.42. The highest BCUT2D eigenvalue weighted by molar-refractivity contribution is 7.25. The third-order valence-corrected chi connectivity index (χ3v) is 15.1. The minimum atomic E-state index is 0.0419. The molecular weight excluding hydrogens is 859 g/mol. The summed E-state index contributed by atoms with van der Waals surface area (Å²) in [4.78, 5) is 25.9. The highest BCUT2D eigenvalue weighted by Crippen LogP contribution is 2.57. The predicted molar refractivity (Wildman–Crippen MR) is 281 cm³/mol. The van der Waals surface area contributed by atoms with Crippen molar-refractivity contribution in [1.29, 1.82) is 0 Å². The van der Waals surface area contributed by atoms with Crippen LogP contribution in [-0.4, -0.2) is 24.9 Å².